The molecule has 3 rings (SSSR count). The van der Waals surface area contributed by atoms with E-state index in [1.165, 1.54) is 30.4 Å². The zero-order valence-electron chi connectivity index (χ0n) is 12.2. The summed E-state index contributed by atoms with van der Waals surface area (Å²) in [7, 11) is 0. The highest BCUT2D eigenvalue weighted by atomic mass is 16.2. The normalized spacial score (nSPS) is 28.9. The van der Waals surface area contributed by atoms with Gasteiger partial charge in [-0.25, -0.2) is 0 Å². The smallest absolute Gasteiger partial charge is 0.237 e. The second-order valence-corrected chi connectivity index (χ2v) is 6.32. The van der Waals surface area contributed by atoms with E-state index in [1.54, 1.807) is 0 Å². The third-order valence-electron chi connectivity index (χ3n) is 4.98. The maximum Gasteiger partial charge on any atom is 0.237 e. The van der Waals surface area contributed by atoms with E-state index in [1.807, 2.05) is 0 Å². The molecule has 1 aliphatic heterocycles. The fourth-order valence-electron chi connectivity index (χ4n) is 3.52. The molecule has 1 aromatic carbocycles. The van der Waals surface area contributed by atoms with Crippen LogP contribution in [-0.2, 0) is 17.8 Å². The van der Waals surface area contributed by atoms with E-state index in [-0.39, 0.29) is 11.9 Å². The average Bonchev–Trinajstić information content (AvgIpc) is 2.89. The molecule has 0 saturated heterocycles. The summed E-state index contributed by atoms with van der Waals surface area (Å²) in [5.74, 6) is 1.60. The van der Waals surface area contributed by atoms with Crippen LogP contribution in [0.3, 0.4) is 0 Å². The van der Waals surface area contributed by atoms with E-state index >= 15 is 0 Å². The molecule has 1 aromatic rings. The number of amides is 1. The number of fused-ring (bicyclic) bond motifs is 1. The molecule has 1 heterocycles. The summed E-state index contributed by atoms with van der Waals surface area (Å²) in [6.45, 7) is 3.95. The van der Waals surface area contributed by atoms with Crippen LogP contribution in [0.5, 0.6) is 0 Å². The fourth-order valence-corrected chi connectivity index (χ4v) is 3.52. The third-order valence-corrected chi connectivity index (χ3v) is 4.98. The van der Waals surface area contributed by atoms with Crippen molar-refractivity contribution in [1.82, 2.24) is 10.6 Å². The molecule has 1 aliphatic carbocycles. The lowest BCUT2D eigenvalue weighted by Gasteiger charge is -2.26. The van der Waals surface area contributed by atoms with Gasteiger partial charge in [-0.3, -0.25) is 4.79 Å². The molecule has 3 heteroatoms. The Hall–Kier alpha value is -1.35. The maximum absolute atomic E-state index is 12.3. The molecule has 3 unspecified atom stereocenters. The van der Waals surface area contributed by atoms with Gasteiger partial charge in [0.25, 0.3) is 0 Å². The number of carbonyl (C=O) groups excluding carboxylic acids is 1. The molecule has 20 heavy (non-hydrogen) atoms. The molecular formula is C17H24N2O. The SMILES string of the molecule is CC1CCCC1CNC(=O)C1Cc2ccccc2CN1. The molecule has 0 spiro atoms. The van der Waals surface area contributed by atoms with Crippen molar-refractivity contribution >= 4 is 5.91 Å². The van der Waals surface area contributed by atoms with Crippen LogP contribution in [0.1, 0.15) is 37.3 Å². The lowest BCUT2D eigenvalue weighted by molar-refractivity contribution is -0.123. The van der Waals surface area contributed by atoms with E-state index in [9.17, 15) is 4.79 Å². The first kappa shape index (κ1) is 13.6. The Bertz CT molecular complexity index is 486. The van der Waals surface area contributed by atoms with Gasteiger partial charge < -0.3 is 10.6 Å². The summed E-state index contributed by atoms with van der Waals surface area (Å²) in [5.41, 5.74) is 2.63. The van der Waals surface area contributed by atoms with Crippen LogP contribution in [0.25, 0.3) is 0 Å². The Kier molecular flexibility index (Phi) is 4.06. The Balaban J connectivity index is 1.54. The lowest BCUT2D eigenvalue weighted by atomic mass is 9.95. The first-order valence-electron chi connectivity index (χ1n) is 7.82. The van der Waals surface area contributed by atoms with Gasteiger partial charge in [0.2, 0.25) is 5.91 Å². The summed E-state index contributed by atoms with van der Waals surface area (Å²) >= 11 is 0. The van der Waals surface area contributed by atoms with E-state index in [4.69, 9.17) is 0 Å². The molecule has 1 amide bonds. The first-order valence-corrected chi connectivity index (χ1v) is 7.82. The lowest BCUT2D eigenvalue weighted by Crippen LogP contribution is -2.48. The number of rotatable bonds is 3. The van der Waals surface area contributed by atoms with Gasteiger partial charge in [0.05, 0.1) is 6.04 Å². The van der Waals surface area contributed by atoms with Crippen LogP contribution in [0.4, 0.5) is 0 Å². The van der Waals surface area contributed by atoms with Gasteiger partial charge in [-0.2, -0.15) is 0 Å². The molecule has 2 aliphatic rings. The van der Waals surface area contributed by atoms with Crippen molar-refractivity contribution in [2.75, 3.05) is 6.54 Å². The topological polar surface area (TPSA) is 41.1 Å². The Morgan fingerprint density at radius 3 is 2.85 bits per heavy atom. The first-order chi connectivity index (χ1) is 9.74. The highest BCUT2D eigenvalue weighted by Gasteiger charge is 2.27. The minimum atomic E-state index is -0.0680. The van der Waals surface area contributed by atoms with E-state index in [0.29, 0.717) is 5.92 Å². The van der Waals surface area contributed by atoms with Crippen molar-refractivity contribution in [3.8, 4) is 0 Å². The molecule has 108 valence electrons. The van der Waals surface area contributed by atoms with E-state index in [2.05, 4.69) is 41.8 Å². The minimum Gasteiger partial charge on any atom is -0.354 e. The second kappa shape index (κ2) is 5.96. The molecule has 3 nitrogen and oxygen atoms in total. The Morgan fingerprint density at radius 1 is 1.30 bits per heavy atom. The van der Waals surface area contributed by atoms with Crippen LogP contribution in [-0.4, -0.2) is 18.5 Å². The molecule has 2 N–H and O–H groups in total. The number of nitrogens with one attached hydrogen (secondary N) is 2. The van der Waals surface area contributed by atoms with Gasteiger partial charge in [-0.1, -0.05) is 44.0 Å². The summed E-state index contributed by atoms with van der Waals surface area (Å²) in [6.07, 6.45) is 4.71. The number of hydrogen-bond donors (Lipinski definition) is 2. The summed E-state index contributed by atoms with van der Waals surface area (Å²) in [6, 6.07) is 8.31. The largest absolute Gasteiger partial charge is 0.354 e. The third kappa shape index (κ3) is 2.88. The quantitative estimate of drug-likeness (QED) is 0.886. The van der Waals surface area contributed by atoms with Crippen LogP contribution >= 0.6 is 0 Å². The van der Waals surface area contributed by atoms with Gasteiger partial charge in [0, 0.05) is 13.1 Å². The van der Waals surface area contributed by atoms with Crippen LogP contribution in [0, 0.1) is 11.8 Å². The number of hydrogen-bond acceptors (Lipinski definition) is 2. The van der Waals surface area contributed by atoms with Gasteiger partial charge in [0.1, 0.15) is 0 Å². The van der Waals surface area contributed by atoms with E-state index < -0.39 is 0 Å². The van der Waals surface area contributed by atoms with Crippen molar-refractivity contribution in [3.63, 3.8) is 0 Å². The second-order valence-electron chi connectivity index (χ2n) is 6.32. The van der Waals surface area contributed by atoms with E-state index in [0.717, 1.165) is 25.4 Å². The van der Waals surface area contributed by atoms with Crippen molar-refractivity contribution in [3.05, 3.63) is 35.4 Å². The summed E-state index contributed by atoms with van der Waals surface area (Å²) in [4.78, 5) is 12.3. The minimum absolute atomic E-state index is 0.0680. The molecule has 3 atom stereocenters. The Morgan fingerprint density at radius 2 is 2.10 bits per heavy atom. The number of benzene rings is 1. The average molecular weight is 272 g/mol. The summed E-state index contributed by atoms with van der Waals surface area (Å²) < 4.78 is 0. The van der Waals surface area contributed by atoms with Crippen molar-refractivity contribution < 1.29 is 4.79 Å². The number of carbonyl (C=O) groups is 1. The predicted molar refractivity (Wildman–Crippen MR) is 80.3 cm³/mol. The maximum atomic E-state index is 12.3. The predicted octanol–water partition coefficient (Wildman–Crippen LogP) is 2.25. The highest BCUT2D eigenvalue weighted by molar-refractivity contribution is 5.82. The standard InChI is InChI=1S/C17H24N2O/c1-12-5-4-8-14(12)10-19-17(20)16-9-13-6-2-3-7-15(13)11-18-16/h2-3,6-7,12,14,16,18H,4-5,8-11H2,1H3,(H,19,20). The van der Waals surface area contributed by atoms with Crippen molar-refractivity contribution in [2.45, 2.75) is 45.2 Å². The van der Waals surface area contributed by atoms with Gasteiger partial charge in [-0.05, 0) is 35.8 Å². The zero-order valence-corrected chi connectivity index (χ0v) is 12.2. The molecule has 0 aromatic heterocycles. The van der Waals surface area contributed by atoms with Crippen molar-refractivity contribution in [2.24, 2.45) is 11.8 Å². The molecule has 0 radical (unpaired) electrons. The Labute approximate surface area is 121 Å². The zero-order chi connectivity index (χ0) is 13.9. The van der Waals surface area contributed by atoms with Crippen LogP contribution in [0.15, 0.2) is 24.3 Å². The highest BCUT2D eigenvalue weighted by Crippen LogP contribution is 2.30. The fraction of sp³-hybridized carbons (Fsp3) is 0.588. The van der Waals surface area contributed by atoms with Crippen LogP contribution in [0.2, 0.25) is 0 Å². The van der Waals surface area contributed by atoms with Crippen molar-refractivity contribution in [1.29, 1.82) is 0 Å². The van der Waals surface area contributed by atoms with Gasteiger partial charge in [-0.15, -0.1) is 0 Å². The van der Waals surface area contributed by atoms with Gasteiger partial charge >= 0.3 is 0 Å². The molecular weight excluding hydrogens is 248 g/mol. The summed E-state index contributed by atoms with van der Waals surface area (Å²) in [5, 5.41) is 6.50. The van der Waals surface area contributed by atoms with Crippen LogP contribution < -0.4 is 10.6 Å². The van der Waals surface area contributed by atoms with Gasteiger partial charge in [0.15, 0.2) is 0 Å². The molecule has 1 saturated carbocycles. The molecule has 0 bridgehead atoms. The molecule has 1 fully saturated rings. The monoisotopic (exact) mass is 272 g/mol.